The lowest BCUT2D eigenvalue weighted by Crippen LogP contribution is -2.48. The fourth-order valence-electron chi connectivity index (χ4n) is 3.99. The number of guanidine groups is 1. The first kappa shape index (κ1) is 22.0. The van der Waals surface area contributed by atoms with E-state index in [1.165, 1.54) is 52.0 Å². The second-order valence-electron chi connectivity index (χ2n) is 7.68. The standard InChI is InChI=1S/C18H37N5.HI/c1-16-13-17(2)15-23(14-16)18(19-3)20-7-5-9-22-10-6-8-21(4)11-12-22;/h16-17H,5-15H2,1-4H3,(H,19,20);1H. The third kappa shape index (κ3) is 7.44. The molecular weight excluding hydrogens is 413 g/mol. The van der Waals surface area contributed by atoms with E-state index < -0.39 is 0 Å². The van der Waals surface area contributed by atoms with Crippen molar-refractivity contribution in [2.24, 2.45) is 16.8 Å². The topological polar surface area (TPSA) is 34.1 Å². The van der Waals surface area contributed by atoms with Crippen molar-refractivity contribution in [1.82, 2.24) is 20.0 Å². The Hall–Kier alpha value is -0.0800. The zero-order valence-corrected chi connectivity index (χ0v) is 18.5. The molecule has 2 saturated heterocycles. The van der Waals surface area contributed by atoms with Gasteiger partial charge in [-0.2, -0.15) is 0 Å². The van der Waals surface area contributed by atoms with E-state index in [9.17, 15) is 0 Å². The van der Waals surface area contributed by atoms with Crippen molar-refractivity contribution in [3.63, 3.8) is 0 Å². The maximum Gasteiger partial charge on any atom is 0.193 e. The van der Waals surface area contributed by atoms with Gasteiger partial charge in [-0.05, 0) is 57.8 Å². The third-order valence-electron chi connectivity index (χ3n) is 5.13. The number of hydrogen-bond donors (Lipinski definition) is 1. The van der Waals surface area contributed by atoms with Crippen molar-refractivity contribution in [3.05, 3.63) is 0 Å². The van der Waals surface area contributed by atoms with Gasteiger partial charge in [-0.3, -0.25) is 4.99 Å². The van der Waals surface area contributed by atoms with Crippen LogP contribution in [-0.4, -0.2) is 87.1 Å². The second kappa shape index (κ2) is 11.5. The molecule has 0 aromatic rings. The second-order valence-corrected chi connectivity index (χ2v) is 7.68. The molecule has 2 unspecified atom stereocenters. The van der Waals surface area contributed by atoms with E-state index in [1.807, 2.05) is 7.05 Å². The summed E-state index contributed by atoms with van der Waals surface area (Å²) in [5.74, 6) is 2.64. The SMILES string of the molecule is CN=C(NCCCN1CCCN(C)CC1)N1CC(C)CC(C)C1.I. The molecule has 0 bridgehead atoms. The first-order valence-corrected chi connectivity index (χ1v) is 9.45. The third-order valence-corrected chi connectivity index (χ3v) is 5.13. The van der Waals surface area contributed by atoms with Crippen molar-refractivity contribution in [1.29, 1.82) is 0 Å². The quantitative estimate of drug-likeness (QED) is 0.308. The number of likely N-dealkylation sites (tertiary alicyclic amines) is 1. The van der Waals surface area contributed by atoms with Crippen LogP contribution in [-0.2, 0) is 0 Å². The Bertz CT molecular complexity index is 366. The van der Waals surface area contributed by atoms with Crippen molar-refractivity contribution in [2.45, 2.75) is 33.1 Å². The minimum atomic E-state index is 0. The van der Waals surface area contributed by atoms with Gasteiger partial charge in [0.25, 0.3) is 0 Å². The van der Waals surface area contributed by atoms with Gasteiger partial charge in [0.05, 0.1) is 0 Å². The highest BCUT2D eigenvalue weighted by Gasteiger charge is 2.23. The number of hydrogen-bond acceptors (Lipinski definition) is 3. The molecule has 0 aromatic carbocycles. The molecule has 2 aliphatic rings. The van der Waals surface area contributed by atoms with Gasteiger partial charge in [-0.15, -0.1) is 24.0 Å². The Morgan fingerprint density at radius 3 is 2.46 bits per heavy atom. The number of halogens is 1. The maximum absolute atomic E-state index is 4.50. The van der Waals surface area contributed by atoms with E-state index in [2.05, 4.69) is 45.9 Å². The monoisotopic (exact) mass is 451 g/mol. The molecule has 0 radical (unpaired) electrons. The Morgan fingerprint density at radius 1 is 1.08 bits per heavy atom. The molecule has 5 nitrogen and oxygen atoms in total. The lowest BCUT2D eigenvalue weighted by molar-refractivity contribution is 0.208. The van der Waals surface area contributed by atoms with Crippen LogP contribution in [0.3, 0.4) is 0 Å². The van der Waals surface area contributed by atoms with Crippen LogP contribution in [0.1, 0.15) is 33.1 Å². The largest absolute Gasteiger partial charge is 0.356 e. The van der Waals surface area contributed by atoms with Crippen LogP contribution in [0.2, 0.25) is 0 Å². The number of rotatable bonds is 4. The highest BCUT2D eigenvalue weighted by atomic mass is 127. The first-order valence-electron chi connectivity index (χ1n) is 9.45. The van der Waals surface area contributed by atoms with Crippen molar-refractivity contribution < 1.29 is 0 Å². The number of aliphatic imine (C=N–C) groups is 1. The molecular formula is C18H38IN5. The fraction of sp³-hybridized carbons (Fsp3) is 0.944. The lowest BCUT2D eigenvalue weighted by atomic mass is 9.92. The Labute approximate surface area is 166 Å². The number of piperidine rings is 1. The predicted octanol–water partition coefficient (Wildman–Crippen LogP) is 2.19. The molecule has 2 rings (SSSR count). The summed E-state index contributed by atoms with van der Waals surface area (Å²) in [7, 11) is 4.15. The van der Waals surface area contributed by atoms with Gasteiger partial charge in [0.1, 0.15) is 0 Å². The van der Waals surface area contributed by atoms with Crippen molar-refractivity contribution >= 4 is 29.9 Å². The minimum Gasteiger partial charge on any atom is -0.356 e. The van der Waals surface area contributed by atoms with E-state index in [0.717, 1.165) is 37.4 Å². The van der Waals surface area contributed by atoms with E-state index in [1.54, 1.807) is 0 Å². The summed E-state index contributed by atoms with van der Waals surface area (Å²) in [6.45, 7) is 14.1. The summed E-state index contributed by atoms with van der Waals surface area (Å²) in [6, 6.07) is 0. The van der Waals surface area contributed by atoms with Gasteiger partial charge < -0.3 is 20.0 Å². The molecule has 0 spiro atoms. The van der Waals surface area contributed by atoms with E-state index in [0.29, 0.717) is 0 Å². The average Bonchev–Trinajstić information content (AvgIpc) is 2.71. The van der Waals surface area contributed by atoms with Gasteiger partial charge in [0.2, 0.25) is 0 Å². The van der Waals surface area contributed by atoms with Gasteiger partial charge in [0, 0.05) is 39.8 Å². The zero-order chi connectivity index (χ0) is 16.7. The molecule has 24 heavy (non-hydrogen) atoms. The normalized spacial score (nSPS) is 27.5. The molecule has 0 aromatic heterocycles. The minimum absolute atomic E-state index is 0. The molecule has 2 fully saturated rings. The Morgan fingerprint density at radius 2 is 1.79 bits per heavy atom. The smallest absolute Gasteiger partial charge is 0.193 e. The van der Waals surface area contributed by atoms with Crippen LogP contribution < -0.4 is 5.32 Å². The molecule has 0 aliphatic carbocycles. The molecule has 0 saturated carbocycles. The highest BCUT2D eigenvalue weighted by Crippen LogP contribution is 2.20. The maximum atomic E-state index is 4.50. The van der Waals surface area contributed by atoms with Crippen molar-refractivity contribution in [3.8, 4) is 0 Å². The van der Waals surface area contributed by atoms with E-state index in [4.69, 9.17) is 0 Å². The number of likely N-dealkylation sites (N-methyl/N-ethyl adjacent to an activating group) is 1. The summed E-state index contributed by atoms with van der Waals surface area (Å²) in [6.07, 6.45) is 3.84. The molecule has 2 aliphatic heterocycles. The molecule has 2 atom stereocenters. The highest BCUT2D eigenvalue weighted by molar-refractivity contribution is 14.0. The number of nitrogens with one attached hydrogen (secondary N) is 1. The van der Waals surface area contributed by atoms with Gasteiger partial charge in [-0.1, -0.05) is 13.8 Å². The van der Waals surface area contributed by atoms with Crippen LogP contribution in [0.5, 0.6) is 0 Å². The molecule has 142 valence electrons. The summed E-state index contributed by atoms with van der Waals surface area (Å²) in [5.41, 5.74) is 0. The summed E-state index contributed by atoms with van der Waals surface area (Å²) >= 11 is 0. The predicted molar refractivity (Wildman–Crippen MR) is 114 cm³/mol. The molecule has 2 heterocycles. The van der Waals surface area contributed by atoms with E-state index >= 15 is 0 Å². The fourth-order valence-corrected chi connectivity index (χ4v) is 3.99. The molecule has 0 amide bonds. The summed E-state index contributed by atoms with van der Waals surface area (Å²) < 4.78 is 0. The zero-order valence-electron chi connectivity index (χ0n) is 16.1. The van der Waals surface area contributed by atoms with Crippen molar-refractivity contribution in [2.75, 3.05) is 66.5 Å². The van der Waals surface area contributed by atoms with Crippen LogP contribution in [0.4, 0.5) is 0 Å². The van der Waals surface area contributed by atoms with Gasteiger partial charge in [-0.25, -0.2) is 0 Å². The average molecular weight is 451 g/mol. The van der Waals surface area contributed by atoms with Crippen LogP contribution in [0, 0.1) is 11.8 Å². The van der Waals surface area contributed by atoms with Crippen LogP contribution in [0.25, 0.3) is 0 Å². The summed E-state index contributed by atoms with van der Waals surface area (Å²) in [5, 5.41) is 3.58. The van der Waals surface area contributed by atoms with Crippen LogP contribution in [0.15, 0.2) is 4.99 Å². The summed E-state index contributed by atoms with van der Waals surface area (Å²) in [4.78, 5) is 12.0. The lowest BCUT2D eigenvalue weighted by Gasteiger charge is -2.37. The molecule has 6 heteroatoms. The van der Waals surface area contributed by atoms with Gasteiger partial charge >= 0.3 is 0 Å². The van der Waals surface area contributed by atoms with E-state index in [-0.39, 0.29) is 24.0 Å². The Kier molecular flexibility index (Phi) is 10.5. The number of nitrogens with zero attached hydrogens (tertiary/aromatic N) is 4. The Balaban J connectivity index is 0.00000288. The van der Waals surface area contributed by atoms with Crippen LogP contribution >= 0.6 is 24.0 Å². The molecule has 1 N–H and O–H groups in total. The van der Waals surface area contributed by atoms with Gasteiger partial charge in [0.15, 0.2) is 5.96 Å². The first-order chi connectivity index (χ1) is 11.1.